The molecule has 1 saturated heterocycles. The van der Waals surface area contributed by atoms with E-state index in [-0.39, 0.29) is 11.8 Å². The van der Waals surface area contributed by atoms with E-state index in [2.05, 4.69) is 5.32 Å². The smallest absolute Gasteiger partial charge is 0.325 e. The minimum absolute atomic E-state index is 0.265. The fraction of sp³-hybridized carbons (Fsp3) is 0.588. The summed E-state index contributed by atoms with van der Waals surface area (Å²) in [6.45, 7) is 3.81. The van der Waals surface area contributed by atoms with Gasteiger partial charge in [0.1, 0.15) is 17.3 Å². The number of hydrogen-bond donors (Lipinski definition) is 1. The summed E-state index contributed by atoms with van der Waals surface area (Å²) in [6.07, 6.45) is 4.72. The maximum Gasteiger partial charge on any atom is 0.325 e. The Morgan fingerprint density at radius 2 is 2.08 bits per heavy atom. The lowest BCUT2D eigenvalue weighted by atomic mass is 9.97. The van der Waals surface area contributed by atoms with Crippen molar-refractivity contribution in [3.05, 3.63) is 23.7 Å². The Balaban J connectivity index is 1.72. The third kappa shape index (κ3) is 2.57. The molecule has 130 valence electrons. The maximum atomic E-state index is 12.7. The van der Waals surface area contributed by atoms with Crippen LogP contribution >= 0.6 is 0 Å². The standard InChI is InChI=1S/C17H23N3O4/c1-11(14(21)19(3)10-13-6-9-24-12(13)2)20-15(22)17(18-16(20)23)7-4-5-8-17/h6,9,11H,4-5,7-8,10H2,1-3H3,(H,18,23). The van der Waals surface area contributed by atoms with Crippen LogP contribution in [0.3, 0.4) is 0 Å². The Morgan fingerprint density at radius 1 is 1.42 bits per heavy atom. The van der Waals surface area contributed by atoms with Gasteiger partial charge in [0.05, 0.1) is 6.26 Å². The molecular formula is C17H23N3O4. The van der Waals surface area contributed by atoms with Crippen molar-refractivity contribution in [3.63, 3.8) is 0 Å². The predicted molar refractivity (Wildman–Crippen MR) is 86.0 cm³/mol. The number of nitrogens with zero attached hydrogens (tertiary/aromatic N) is 2. The van der Waals surface area contributed by atoms with E-state index in [4.69, 9.17) is 4.42 Å². The first-order valence-corrected chi connectivity index (χ1v) is 8.29. The first-order valence-electron chi connectivity index (χ1n) is 8.29. The topological polar surface area (TPSA) is 82.9 Å². The van der Waals surface area contributed by atoms with E-state index in [0.717, 1.165) is 29.1 Å². The molecule has 7 nitrogen and oxygen atoms in total. The number of amides is 4. The van der Waals surface area contributed by atoms with Gasteiger partial charge in [0.2, 0.25) is 5.91 Å². The number of likely N-dealkylation sites (N-methyl/N-ethyl adjacent to an activating group) is 1. The van der Waals surface area contributed by atoms with Crippen molar-refractivity contribution < 1.29 is 18.8 Å². The van der Waals surface area contributed by atoms with Crippen molar-refractivity contribution in [2.45, 2.75) is 57.7 Å². The summed E-state index contributed by atoms with van der Waals surface area (Å²) < 4.78 is 5.24. The molecule has 3 rings (SSSR count). The highest BCUT2D eigenvalue weighted by Gasteiger charge is 2.54. The van der Waals surface area contributed by atoms with Crippen molar-refractivity contribution in [1.29, 1.82) is 0 Å². The van der Waals surface area contributed by atoms with Crippen LogP contribution in [0.25, 0.3) is 0 Å². The largest absolute Gasteiger partial charge is 0.469 e. The summed E-state index contributed by atoms with van der Waals surface area (Å²) in [5, 5.41) is 2.81. The molecule has 1 atom stereocenters. The van der Waals surface area contributed by atoms with Gasteiger partial charge in [-0.15, -0.1) is 0 Å². The fourth-order valence-corrected chi connectivity index (χ4v) is 3.65. The number of aryl methyl sites for hydroxylation is 1. The summed E-state index contributed by atoms with van der Waals surface area (Å²) >= 11 is 0. The molecule has 2 heterocycles. The second kappa shape index (κ2) is 5.96. The van der Waals surface area contributed by atoms with Gasteiger partial charge in [0.15, 0.2) is 0 Å². The van der Waals surface area contributed by atoms with E-state index < -0.39 is 17.6 Å². The zero-order valence-corrected chi connectivity index (χ0v) is 14.3. The van der Waals surface area contributed by atoms with Crippen molar-refractivity contribution in [2.24, 2.45) is 0 Å². The normalized spacial score (nSPS) is 20.5. The van der Waals surface area contributed by atoms with Gasteiger partial charge in [-0.2, -0.15) is 0 Å². The first kappa shape index (κ1) is 16.5. The highest BCUT2D eigenvalue weighted by molar-refractivity contribution is 6.09. The molecule has 0 bridgehead atoms. The average Bonchev–Trinajstić information content (AvgIpc) is 3.22. The van der Waals surface area contributed by atoms with Crippen LogP contribution in [-0.2, 0) is 16.1 Å². The highest BCUT2D eigenvalue weighted by Crippen LogP contribution is 2.35. The lowest BCUT2D eigenvalue weighted by Gasteiger charge is -2.27. The first-order chi connectivity index (χ1) is 11.4. The summed E-state index contributed by atoms with van der Waals surface area (Å²) in [5.41, 5.74) is 0.119. The molecule has 0 aromatic carbocycles. The van der Waals surface area contributed by atoms with Crippen LogP contribution < -0.4 is 5.32 Å². The number of hydrogen-bond acceptors (Lipinski definition) is 4. The van der Waals surface area contributed by atoms with Crippen LogP contribution in [0.15, 0.2) is 16.7 Å². The molecule has 2 aliphatic rings. The van der Waals surface area contributed by atoms with E-state index in [0.29, 0.717) is 19.4 Å². The van der Waals surface area contributed by atoms with Gasteiger partial charge < -0.3 is 14.6 Å². The van der Waals surface area contributed by atoms with Crippen LogP contribution in [0.2, 0.25) is 0 Å². The summed E-state index contributed by atoms with van der Waals surface area (Å²) in [4.78, 5) is 40.3. The number of rotatable bonds is 4. The fourth-order valence-electron chi connectivity index (χ4n) is 3.65. The number of urea groups is 1. The van der Waals surface area contributed by atoms with Gasteiger partial charge in [0.25, 0.3) is 5.91 Å². The van der Waals surface area contributed by atoms with E-state index in [1.807, 2.05) is 13.0 Å². The summed E-state index contributed by atoms with van der Waals surface area (Å²) in [5.74, 6) is 0.218. The molecule has 1 saturated carbocycles. The van der Waals surface area contributed by atoms with Gasteiger partial charge in [-0.3, -0.25) is 9.59 Å². The van der Waals surface area contributed by atoms with Gasteiger partial charge in [-0.1, -0.05) is 12.8 Å². The number of furan rings is 1. The third-order valence-electron chi connectivity index (χ3n) is 5.14. The van der Waals surface area contributed by atoms with E-state index in [9.17, 15) is 14.4 Å². The van der Waals surface area contributed by atoms with Crippen molar-refractivity contribution >= 4 is 17.8 Å². The predicted octanol–water partition coefficient (Wildman–Crippen LogP) is 1.80. The van der Waals surface area contributed by atoms with Gasteiger partial charge >= 0.3 is 6.03 Å². The van der Waals surface area contributed by atoms with Gasteiger partial charge in [-0.25, -0.2) is 9.69 Å². The number of carbonyl (C=O) groups excluding carboxylic acids is 3. The van der Waals surface area contributed by atoms with Crippen LogP contribution in [0.4, 0.5) is 4.79 Å². The number of imide groups is 1. The molecular weight excluding hydrogens is 310 g/mol. The molecule has 2 fully saturated rings. The van der Waals surface area contributed by atoms with Crippen LogP contribution in [0.1, 0.15) is 43.9 Å². The Labute approximate surface area is 141 Å². The summed E-state index contributed by atoms with van der Waals surface area (Å²) in [6, 6.07) is 0.524. The van der Waals surface area contributed by atoms with E-state index in [1.165, 1.54) is 4.90 Å². The molecule has 1 aromatic rings. The lowest BCUT2D eigenvalue weighted by Crippen LogP contribution is -2.50. The Kier molecular flexibility index (Phi) is 4.11. The lowest BCUT2D eigenvalue weighted by molar-refractivity contribution is -0.142. The summed E-state index contributed by atoms with van der Waals surface area (Å²) in [7, 11) is 1.66. The maximum absolute atomic E-state index is 12.7. The second-order valence-electron chi connectivity index (χ2n) is 6.77. The molecule has 1 spiro atoms. The monoisotopic (exact) mass is 333 g/mol. The molecule has 1 aromatic heterocycles. The number of nitrogens with one attached hydrogen (secondary N) is 1. The molecule has 24 heavy (non-hydrogen) atoms. The van der Waals surface area contributed by atoms with Crippen LogP contribution in [0, 0.1) is 6.92 Å². The molecule has 1 N–H and O–H groups in total. The van der Waals surface area contributed by atoms with Crippen molar-refractivity contribution in [2.75, 3.05) is 7.05 Å². The molecule has 0 radical (unpaired) electrons. The zero-order chi connectivity index (χ0) is 17.5. The van der Waals surface area contributed by atoms with E-state index in [1.54, 1.807) is 20.2 Å². The molecule has 1 unspecified atom stereocenters. The second-order valence-corrected chi connectivity index (χ2v) is 6.77. The Bertz CT molecular complexity index is 675. The average molecular weight is 333 g/mol. The quantitative estimate of drug-likeness (QED) is 0.852. The third-order valence-corrected chi connectivity index (χ3v) is 5.14. The Morgan fingerprint density at radius 3 is 2.67 bits per heavy atom. The number of carbonyl (C=O) groups is 3. The van der Waals surface area contributed by atoms with E-state index >= 15 is 0 Å². The van der Waals surface area contributed by atoms with Crippen molar-refractivity contribution in [1.82, 2.24) is 15.1 Å². The Hall–Kier alpha value is -2.31. The van der Waals surface area contributed by atoms with Crippen LogP contribution in [-0.4, -0.2) is 46.3 Å². The molecule has 1 aliphatic carbocycles. The molecule has 4 amide bonds. The van der Waals surface area contributed by atoms with Crippen molar-refractivity contribution in [3.8, 4) is 0 Å². The molecule has 7 heteroatoms. The molecule has 1 aliphatic heterocycles. The minimum Gasteiger partial charge on any atom is -0.469 e. The van der Waals surface area contributed by atoms with Gasteiger partial charge in [-0.05, 0) is 32.8 Å². The SMILES string of the molecule is Cc1occc1CN(C)C(=O)C(C)N1C(=O)NC2(CCCC2)C1=O. The van der Waals surface area contributed by atoms with Gasteiger partial charge in [0, 0.05) is 19.2 Å². The minimum atomic E-state index is -0.824. The van der Waals surface area contributed by atoms with Crippen LogP contribution in [0.5, 0.6) is 0 Å². The zero-order valence-electron chi connectivity index (χ0n) is 14.3. The highest BCUT2D eigenvalue weighted by atomic mass is 16.3.